The van der Waals surface area contributed by atoms with Gasteiger partial charge in [0.05, 0.1) is 6.42 Å². The number of amides is 7. The summed E-state index contributed by atoms with van der Waals surface area (Å²) in [7, 11) is 1.35. The number of esters is 1. The number of hydrogen-bond donors (Lipinski definition) is 9. The van der Waals surface area contributed by atoms with E-state index in [0.717, 1.165) is 16.2 Å². The van der Waals surface area contributed by atoms with E-state index in [9.17, 15) is 63.6 Å². The second kappa shape index (κ2) is 25.7. The highest BCUT2D eigenvalue weighted by Crippen LogP contribution is 2.28. The fourth-order valence-electron chi connectivity index (χ4n) is 8.36. The number of phenols is 2. The molecule has 1 unspecified atom stereocenters. The van der Waals surface area contributed by atoms with Crippen molar-refractivity contribution in [2.75, 3.05) is 7.05 Å². The summed E-state index contributed by atoms with van der Waals surface area (Å²) < 4.78 is 5.83. The number of cyclic esters (lactones) is 1. The predicted molar refractivity (Wildman–Crippen MR) is 252 cm³/mol. The first-order chi connectivity index (χ1) is 33.1. The third kappa shape index (κ3) is 15.1. The van der Waals surface area contributed by atoms with E-state index in [1.165, 1.54) is 62.5 Å². The number of carboxylic acids is 1. The quantitative estimate of drug-likeness (QED) is 0.0843. The number of aromatic hydroxyl groups is 2. The number of rotatable bonds is 16. The Kier molecular flexibility index (Phi) is 20.5. The van der Waals surface area contributed by atoms with Crippen LogP contribution in [0.3, 0.4) is 0 Å². The predicted octanol–water partition coefficient (Wildman–Crippen LogP) is 1.15. The molecule has 0 radical (unpaired) electrons. The molecule has 2 saturated heterocycles. The molecule has 10 atom stereocenters. The second-order valence-corrected chi connectivity index (χ2v) is 18.5. The Balaban J connectivity index is 1.88. The lowest BCUT2D eigenvalue weighted by Gasteiger charge is -2.44. The molecule has 4 rings (SSSR count). The Bertz CT molecular complexity index is 2190. The van der Waals surface area contributed by atoms with Gasteiger partial charge in [-0.15, -0.1) is 0 Å². The van der Waals surface area contributed by atoms with Gasteiger partial charge in [-0.05, 0) is 73.4 Å². The number of piperidine rings is 1. The Morgan fingerprint density at radius 1 is 0.800 bits per heavy atom. The Hall–Kier alpha value is -6.77. The first-order valence-corrected chi connectivity index (χ1v) is 23.8. The molecule has 0 saturated carbocycles. The first-order valence-electron chi connectivity index (χ1n) is 23.8. The molecule has 2 aliphatic rings. The largest absolute Gasteiger partial charge is 0.508 e. The van der Waals surface area contributed by atoms with E-state index in [2.05, 4.69) is 26.6 Å². The van der Waals surface area contributed by atoms with Crippen LogP contribution < -0.4 is 26.6 Å². The van der Waals surface area contributed by atoms with Crippen molar-refractivity contribution >= 4 is 53.3 Å². The number of hydrogen-bond acceptors (Lipinski definition) is 13. The maximum Gasteiger partial charge on any atom is 0.329 e. The molecule has 7 amide bonds. The standard InChI is InChI=1S/C49H69N7O14/c1-8-10-11-12-37(59)50-35(25-39(61)62)44(64)54-41-28(6)70-49(69)40(26(3)4)53-45(65)36(24-30-15-19-32(58)20-16-30)55(7)48(68)42(27(5)9-2)56-38(60)22-21-33(47(56)67)51-43(63)34(52-46(41)66)23-29-13-17-31(57)18-14-29/h13-20,26-28,33-36,38,40-42,57-58,60H,8-12,21-25H2,1-7H3,(H,50,59)(H,51,63)(H,52,66)(H,53,65)(H,54,64)(H,61,62)/t27?,28-,33+,34+,35-,36+,38-,40+,41+,42+/m1/s1. The molecule has 21 heteroatoms. The molecule has 9 N–H and O–H groups in total. The van der Waals surface area contributed by atoms with E-state index < -0.39 is 126 Å². The van der Waals surface area contributed by atoms with Crippen LogP contribution >= 0.6 is 0 Å². The molecule has 70 heavy (non-hydrogen) atoms. The number of ether oxygens (including phenoxy) is 1. The van der Waals surface area contributed by atoms with Gasteiger partial charge < -0.3 is 61.5 Å². The minimum atomic E-state index is -1.89. The van der Waals surface area contributed by atoms with Crippen LogP contribution in [0.1, 0.15) is 104 Å². The molecule has 2 heterocycles. The van der Waals surface area contributed by atoms with Crippen LogP contribution in [0, 0.1) is 11.8 Å². The summed E-state index contributed by atoms with van der Waals surface area (Å²) in [6.45, 7) is 9.81. The number of nitrogens with one attached hydrogen (secondary N) is 5. The second-order valence-electron chi connectivity index (χ2n) is 18.5. The van der Waals surface area contributed by atoms with Crippen LogP contribution in [-0.4, -0.2) is 145 Å². The number of nitrogens with zero attached hydrogens (tertiary/aromatic N) is 2. The zero-order valence-electron chi connectivity index (χ0n) is 40.8. The van der Waals surface area contributed by atoms with Gasteiger partial charge in [0.25, 0.3) is 0 Å². The van der Waals surface area contributed by atoms with Crippen molar-refractivity contribution in [1.82, 2.24) is 36.4 Å². The van der Waals surface area contributed by atoms with Gasteiger partial charge in [0.1, 0.15) is 66.1 Å². The van der Waals surface area contributed by atoms with Crippen molar-refractivity contribution in [2.24, 2.45) is 11.8 Å². The van der Waals surface area contributed by atoms with Crippen LogP contribution in [0.25, 0.3) is 0 Å². The van der Waals surface area contributed by atoms with Gasteiger partial charge in [-0.1, -0.05) is 78.1 Å². The summed E-state index contributed by atoms with van der Waals surface area (Å²) in [4.78, 5) is 128. The minimum Gasteiger partial charge on any atom is -0.508 e. The van der Waals surface area contributed by atoms with Gasteiger partial charge in [0, 0.05) is 26.3 Å². The molecule has 0 aliphatic carbocycles. The molecule has 2 bridgehead atoms. The molecular formula is C49H69N7O14. The lowest BCUT2D eigenvalue weighted by molar-refractivity contribution is -0.168. The summed E-state index contributed by atoms with van der Waals surface area (Å²) in [6.07, 6.45) is -2.42. The van der Waals surface area contributed by atoms with Crippen molar-refractivity contribution in [1.29, 1.82) is 0 Å². The van der Waals surface area contributed by atoms with Crippen LogP contribution in [0.15, 0.2) is 48.5 Å². The number of phenolic OH excluding ortho intramolecular Hbond substituents is 2. The number of likely N-dealkylation sites (N-methyl/N-ethyl adjacent to an activating group) is 1. The third-order valence-corrected chi connectivity index (χ3v) is 12.7. The maximum absolute atomic E-state index is 14.9. The highest BCUT2D eigenvalue weighted by atomic mass is 16.5. The molecule has 0 spiro atoms. The number of aliphatic hydroxyl groups excluding tert-OH is 1. The molecule has 2 aromatic rings. The summed E-state index contributed by atoms with van der Waals surface area (Å²) >= 11 is 0. The first kappa shape index (κ1) is 55.8. The van der Waals surface area contributed by atoms with Gasteiger partial charge in [-0.2, -0.15) is 0 Å². The monoisotopic (exact) mass is 979 g/mol. The number of aliphatic carboxylic acids is 1. The molecule has 21 nitrogen and oxygen atoms in total. The Morgan fingerprint density at radius 2 is 1.40 bits per heavy atom. The summed E-state index contributed by atoms with van der Waals surface area (Å²) in [5.41, 5.74) is 0.911. The fraction of sp³-hybridized carbons (Fsp3) is 0.571. The van der Waals surface area contributed by atoms with Gasteiger partial charge in [0.15, 0.2) is 0 Å². The van der Waals surface area contributed by atoms with E-state index >= 15 is 0 Å². The van der Waals surface area contributed by atoms with Gasteiger partial charge >= 0.3 is 11.9 Å². The van der Waals surface area contributed by atoms with E-state index in [1.54, 1.807) is 27.7 Å². The molecular weight excluding hydrogens is 911 g/mol. The molecule has 0 aromatic heterocycles. The molecule has 2 aliphatic heterocycles. The Labute approximate surface area is 407 Å². The number of benzene rings is 2. The van der Waals surface area contributed by atoms with Crippen molar-refractivity contribution in [3.63, 3.8) is 0 Å². The number of fused-ring (bicyclic) bond motifs is 2. The number of carboxylic acid groups (broad SMARTS) is 1. The van der Waals surface area contributed by atoms with E-state index in [1.807, 2.05) is 6.92 Å². The summed E-state index contributed by atoms with van der Waals surface area (Å²) in [5.74, 6) is -10.3. The number of aliphatic hydroxyl groups is 1. The lowest BCUT2D eigenvalue weighted by atomic mass is 9.91. The van der Waals surface area contributed by atoms with Crippen molar-refractivity contribution in [2.45, 2.75) is 160 Å². The van der Waals surface area contributed by atoms with Crippen LogP contribution in [0.5, 0.6) is 11.5 Å². The normalized spacial score (nSPS) is 25.0. The lowest BCUT2D eigenvalue weighted by Crippen LogP contribution is -2.66. The van der Waals surface area contributed by atoms with Crippen molar-refractivity contribution in [3.8, 4) is 11.5 Å². The minimum absolute atomic E-state index is 0.0240. The zero-order chi connectivity index (χ0) is 52.0. The zero-order valence-corrected chi connectivity index (χ0v) is 40.8. The third-order valence-electron chi connectivity index (χ3n) is 12.7. The number of carbonyl (C=O) groups is 9. The summed E-state index contributed by atoms with van der Waals surface area (Å²) in [6, 6.07) is 0.767. The van der Waals surface area contributed by atoms with Crippen LogP contribution in [0.2, 0.25) is 0 Å². The smallest absolute Gasteiger partial charge is 0.329 e. The molecule has 384 valence electrons. The topological polar surface area (TPSA) is 310 Å². The van der Waals surface area contributed by atoms with Gasteiger partial charge in [-0.3, -0.25) is 38.4 Å². The number of carbonyl (C=O) groups excluding carboxylic acids is 8. The maximum atomic E-state index is 14.9. The van der Waals surface area contributed by atoms with Crippen LogP contribution in [0.4, 0.5) is 0 Å². The average molecular weight is 980 g/mol. The number of unbranched alkanes of at least 4 members (excludes halogenated alkanes) is 2. The van der Waals surface area contributed by atoms with E-state index in [-0.39, 0.29) is 43.6 Å². The molecule has 2 fully saturated rings. The van der Waals surface area contributed by atoms with Crippen LogP contribution in [-0.2, 0) is 60.7 Å². The van der Waals surface area contributed by atoms with Gasteiger partial charge in [0.2, 0.25) is 41.4 Å². The van der Waals surface area contributed by atoms with E-state index in [0.29, 0.717) is 30.4 Å². The van der Waals surface area contributed by atoms with Gasteiger partial charge in [-0.25, -0.2) is 4.79 Å². The fourth-order valence-corrected chi connectivity index (χ4v) is 8.36. The van der Waals surface area contributed by atoms with E-state index in [4.69, 9.17) is 4.74 Å². The van der Waals surface area contributed by atoms with Crippen molar-refractivity contribution < 1.29 is 68.3 Å². The highest BCUT2D eigenvalue weighted by molar-refractivity contribution is 5.99. The summed E-state index contributed by atoms with van der Waals surface area (Å²) in [5, 5.41) is 54.0. The average Bonchev–Trinajstić information content (AvgIpc) is 3.30. The highest BCUT2D eigenvalue weighted by Gasteiger charge is 2.47. The molecule has 2 aromatic carbocycles. The Morgan fingerprint density at radius 3 is 1.96 bits per heavy atom. The SMILES string of the molecule is CCCCCC(=O)N[C@H](CC(=O)O)C(=O)N[C@@H]1C(=O)N[C@@H](Cc2ccc(O)cc2)C(=O)N[C@H]2CC[C@@H](O)N(C2=O)[C@@H](C(C)CC)C(=O)N(C)[C@@H](Cc2ccc(O)cc2)C(=O)N[C@@H](C(C)C)C(=O)O[C@@H]1C. The van der Waals surface area contributed by atoms with Crippen molar-refractivity contribution in [3.05, 3.63) is 59.7 Å².